The molecule has 2 N–H and O–H groups in total. The third kappa shape index (κ3) is 1.95. The number of nitrogens with one attached hydrogen (secondary N) is 1. The Labute approximate surface area is 105 Å². The Bertz CT molecular complexity index is 489. The van der Waals surface area contributed by atoms with E-state index in [4.69, 9.17) is 9.84 Å². The number of hydrogen-bond donors (Lipinski definition) is 2. The second kappa shape index (κ2) is 4.24. The van der Waals surface area contributed by atoms with Crippen LogP contribution in [-0.2, 0) is 4.74 Å². The zero-order valence-corrected chi connectivity index (χ0v) is 10.2. The molecule has 0 saturated carbocycles. The topological polar surface area (TPSA) is 71.5 Å². The first kappa shape index (κ1) is 11.5. The minimum atomic E-state index is -0.950. The number of hydrogen-bond acceptors (Lipinski definition) is 4. The number of rotatable bonds is 3. The minimum absolute atomic E-state index is 0.191. The monoisotopic (exact) mass is 248 g/mol. The van der Waals surface area contributed by atoms with Crippen molar-refractivity contribution in [3.63, 3.8) is 0 Å². The Morgan fingerprint density at radius 1 is 1.50 bits per heavy atom. The van der Waals surface area contributed by atoms with E-state index in [0.717, 1.165) is 25.0 Å². The van der Waals surface area contributed by atoms with Crippen LogP contribution < -0.4 is 5.32 Å². The predicted octanol–water partition coefficient (Wildman–Crippen LogP) is 1.82. The smallest absolute Gasteiger partial charge is 0.339 e. The molecule has 18 heavy (non-hydrogen) atoms. The van der Waals surface area contributed by atoms with Gasteiger partial charge in [-0.05, 0) is 38.3 Å². The summed E-state index contributed by atoms with van der Waals surface area (Å²) in [6.07, 6.45) is 3.66. The Kier molecular flexibility index (Phi) is 2.70. The zero-order chi connectivity index (χ0) is 12.7. The van der Waals surface area contributed by atoms with E-state index in [-0.39, 0.29) is 17.7 Å². The first-order valence-corrected chi connectivity index (χ1v) is 6.26. The van der Waals surface area contributed by atoms with Crippen molar-refractivity contribution in [3.8, 4) is 0 Å². The van der Waals surface area contributed by atoms with Crippen LogP contribution in [0.2, 0.25) is 0 Å². The molecule has 0 spiro atoms. The van der Waals surface area contributed by atoms with Gasteiger partial charge < -0.3 is 15.2 Å². The molecule has 0 radical (unpaired) electrons. The van der Waals surface area contributed by atoms with Gasteiger partial charge in [-0.15, -0.1) is 0 Å². The van der Waals surface area contributed by atoms with Gasteiger partial charge in [0.15, 0.2) is 0 Å². The number of nitrogens with zero attached hydrogens (tertiary/aromatic N) is 1. The summed E-state index contributed by atoms with van der Waals surface area (Å²) in [4.78, 5) is 15.4. The van der Waals surface area contributed by atoms with E-state index in [0.29, 0.717) is 11.9 Å². The molecule has 0 aromatic carbocycles. The molecular weight excluding hydrogens is 232 g/mol. The van der Waals surface area contributed by atoms with E-state index >= 15 is 0 Å². The van der Waals surface area contributed by atoms with Crippen molar-refractivity contribution in [2.24, 2.45) is 0 Å². The molecule has 2 aliphatic heterocycles. The summed E-state index contributed by atoms with van der Waals surface area (Å²) >= 11 is 0. The molecule has 3 heterocycles. The van der Waals surface area contributed by atoms with Gasteiger partial charge in [0, 0.05) is 5.69 Å². The number of aryl methyl sites for hydroxylation is 1. The highest BCUT2D eigenvalue weighted by molar-refractivity contribution is 5.93. The summed E-state index contributed by atoms with van der Waals surface area (Å²) in [7, 11) is 0. The van der Waals surface area contributed by atoms with E-state index in [1.807, 2.05) is 6.92 Å². The summed E-state index contributed by atoms with van der Waals surface area (Å²) in [5.74, 6) is -0.488. The molecule has 2 saturated heterocycles. The summed E-state index contributed by atoms with van der Waals surface area (Å²) in [6, 6.07) is 3.50. The number of pyridine rings is 1. The first-order chi connectivity index (χ1) is 8.63. The van der Waals surface area contributed by atoms with Crippen LogP contribution in [0.15, 0.2) is 12.1 Å². The van der Waals surface area contributed by atoms with Crippen LogP contribution in [0.5, 0.6) is 0 Å². The number of anilines is 1. The lowest BCUT2D eigenvalue weighted by molar-refractivity contribution is 0.0697. The summed E-state index contributed by atoms with van der Waals surface area (Å²) < 4.78 is 5.75. The fourth-order valence-corrected chi connectivity index (χ4v) is 2.80. The number of aromatic carboxylic acids is 1. The van der Waals surface area contributed by atoms with Gasteiger partial charge in [0.1, 0.15) is 11.4 Å². The SMILES string of the molecule is Cc1ccc(C(=O)O)c(NC2CC3CCC2O3)n1. The summed E-state index contributed by atoms with van der Waals surface area (Å²) in [5.41, 5.74) is 1.04. The van der Waals surface area contributed by atoms with E-state index < -0.39 is 5.97 Å². The lowest BCUT2D eigenvalue weighted by atomic mass is 9.95. The van der Waals surface area contributed by atoms with Gasteiger partial charge in [-0.2, -0.15) is 0 Å². The third-order valence-corrected chi connectivity index (χ3v) is 3.69. The van der Waals surface area contributed by atoms with Crippen molar-refractivity contribution in [2.75, 3.05) is 5.32 Å². The Hall–Kier alpha value is -1.62. The van der Waals surface area contributed by atoms with Gasteiger partial charge in [-0.3, -0.25) is 0 Å². The van der Waals surface area contributed by atoms with Crippen molar-refractivity contribution in [1.82, 2.24) is 4.98 Å². The summed E-state index contributed by atoms with van der Waals surface area (Å²) in [6.45, 7) is 1.86. The van der Waals surface area contributed by atoms with E-state index in [2.05, 4.69) is 10.3 Å². The minimum Gasteiger partial charge on any atom is -0.478 e. The van der Waals surface area contributed by atoms with E-state index in [1.165, 1.54) is 0 Å². The van der Waals surface area contributed by atoms with Gasteiger partial charge in [0.25, 0.3) is 0 Å². The molecular formula is C13H16N2O3. The number of fused-ring (bicyclic) bond motifs is 2. The predicted molar refractivity (Wildman–Crippen MR) is 65.9 cm³/mol. The maximum atomic E-state index is 11.2. The average molecular weight is 248 g/mol. The number of ether oxygens (including phenoxy) is 1. The number of carboxylic acid groups (broad SMARTS) is 1. The van der Waals surface area contributed by atoms with Crippen LogP contribution in [0.3, 0.4) is 0 Å². The molecule has 2 bridgehead atoms. The second-order valence-electron chi connectivity index (χ2n) is 5.01. The third-order valence-electron chi connectivity index (χ3n) is 3.69. The van der Waals surface area contributed by atoms with Crippen molar-refractivity contribution in [2.45, 2.75) is 44.4 Å². The molecule has 3 unspecified atom stereocenters. The van der Waals surface area contributed by atoms with Crippen molar-refractivity contribution < 1.29 is 14.6 Å². The average Bonchev–Trinajstić information content (AvgIpc) is 2.90. The molecule has 5 heteroatoms. The maximum absolute atomic E-state index is 11.2. The molecule has 1 aromatic heterocycles. The van der Waals surface area contributed by atoms with Gasteiger partial charge in [0.05, 0.1) is 18.2 Å². The molecule has 3 rings (SSSR count). The highest BCUT2D eigenvalue weighted by atomic mass is 16.5. The lowest BCUT2D eigenvalue weighted by Crippen LogP contribution is -2.31. The highest BCUT2D eigenvalue weighted by Gasteiger charge is 2.41. The van der Waals surface area contributed by atoms with Crippen molar-refractivity contribution >= 4 is 11.8 Å². The van der Waals surface area contributed by atoms with E-state index in [1.54, 1.807) is 12.1 Å². The van der Waals surface area contributed by atoms with Crippen LogP contribution in [0.1, 0.15) is 35.3 Å². The Morgan fingerprint density at radius 2 is 2.33 bits per heavy atom. The molecule has 1 aromatic rings. The number of carboxylic acids is 1. The maximum Gasteiger partial charge on any atom is 0.339 e. The van der Waals surface area contributed by atoms with Crippen LogP contribution in [0.4, 0.5) is 5.82 Å². The molecule has 0 amide bonds. The van der Waals surface area contributed by atoms with Gasteiger partial charge in [-0.25, -0.2) is 9.78 Å². The fraction of sp³-hybridized carbons (Fsp3) is 0.538. The molecule has 2 aliphatic rings. The standard InChI is InChI=1S/C13H16N2O3/c1-7-2-4-9(13(16)17)12(14-7)15-10-6-8-3-5-11(10)18-8/h2,4,8,10-11H,3,5-6H2,1H3,(H,14,15)(H,16,17). The molecule has 5 nitrogen and oxygen atoms in total. The first-order valence-electron chi connectivity index (χ1n) is 6.26. The van der Waals surface area contributed by atoms with Gasteiger partial charge in [-0.1, -0.05) is 0 Å². The molecule has 0 aliphatic carbocycles. The van der Waals surface area contributed by atoms with Gasteiger partial charge >= 0.3 is 5.97 Å². The van der Waals surface area contributed by atoms with Crippen LogP contribution >= 0.6 is 0 Å². The second-order valence-corrected chi connectivity index (χ2v) is 5.01. The fourth-order valence-electron chi connectivity index (χ4n) is 2.80. The number of aromatic nitrogens is 1. The van der Waals surface area contributed by atoms with Crippen LogP contribution in [0, 0.1) is 6.92 Å². The lowest BCUT2D eigenvalue weighted by Gasteiger charge is -2.21. The molecule has 96 valence electrons. The van der Waals surface area contributed by atoms with Crippen molar-refractivity contribution in [1.29, 1.82) is 0 Å². The van der Waals surface area contributed by atoms with Gasteiger partial charge in [0.2, 0.25) is 0 Å². The normalized spacial score (nSPS) is 29.5. The summed E-state index contributed by atoms with van der Waals surface area (Å²) in [5, 5.41) is 12.4. The van der Waals surface area contributed by atoms with Crippen LogP contribution in [-0.4, -0.2) is 34.3 Å². The quantitative estimate of drug-likeness (QED) is 0.853. The van der Waals surface area contributed by atoms with E-state index in [9.17, 15) is 4.79 Å². The Morgan fingerprint density at radius 3 is 2.94 bits per heavy atom. The largest absolute Gasteiger partial charge is 0.478 e. The zero-order valence-electron chi connectivity index (χ0n) is 10.2. The highest BCUT2D eigenvalue weighted by Crippen LogP contribution is 2.36. The number of carbonyl (C=O) groups is 1. The Balaban J connectivity index is 1.83. The molecule has 3 atom stereocenters. The van der Waals surface area contributed by atoms with Crippen LogP contribution in [0.25, 0.3) is 0 Å². The van der Waals surface area contributed by atoms with Crippen molar-refractivity contribution in [3.05, 3.63) is 23.4 Å². The molecule has 2 fully saturated rings.